The van der Waals surface area contributed by atoms with E-state index < -0.39 is 0 Å². The second-order valence-corrected chi connectivity index (χ2v) is 7.47. The van der Waals surface area contributed by atoms with E-state index in [2.05, 4.69) is 44.5 Å². The first-order valence-corrected chi connectivity index (χ1v) is 8.01. The van der Waals surface area contributed by atoms with Crippen LogP contribution in [-0.2, 0) is 0 Å². The van der Waals surface area contributed by atoms with Crippen LogP contribution in [0.1, 0.15) is 50.9 Å². The van der Waals surface area contributed by atoms with Gasteiger partial charge in [0.2, 0.25) is 0 Å². The second kappa shape index (κ2) is 6.25. The molecule has 0 aromatic heterocycles. The molecule has 0 aliphatic carbocycles. The van der Waals surface area contributed by atoms with E-state index in [1.807, 2.05) is 36.4 Å². The summed E-state index contributed by atoms with van der Waals surface area (Å²) < 4.78 is 0. The molecule has 1 N–H and O–H groups in total. The first kappa shape index (κ1) is 16.8. The highest BCUT2D eigenvalue weighted by Crippen LogP contribution is 2.38. The van der Waals surface area contributed by atoms with Crippen LogP contribution in [0.25, 0.3) is 0 Å². The third kappa shape index (κ3) is 3.58. The van der Waals surface area contributed by atoms with Gasteiger partial charge in [-0.2, -0.15) is 0 Å². The van der Waals surface area contributed by atoms with Crippen molar-refractivity contribution in [2.45, 2.75) is 57.7 Å². The molecule has 1 fully saturated rings. The van der Waals surface area contributed by atoms with Gasteiger partial charge in [-0.15, -0.1) is 6.58 Å². The summed E-state index contributed by atoms with van der Waals surface area (Å²) in [7, 11) is 0. The number of piperidine rings is 1. The van der Waals surface area contributed by atoms with Crippen LogP contribution in [0.2, 0.25) is 0 Å². The van der Waals surface area contributed by atoms with Crippen LogP contribution in [0.3, 0.4) is 0 Å². The largest absolute Gasteiger partial charge is 0.349 e. The van der Waals surface area contributed by atoms with Crippen molar-refractivity contribution in [2.75, 3.05) is 6.54 Å². The van der Waals surface area contributed by atoms with Gasteiger partial charge in [0.25, 0.3) is 5.91 Å². The third-order valence-corrected chi connectivity index (χ3v) is 4.64. The van der Waals surface area contributed by atoms with Crippen molar-refractivity contribution >= 4 is 5.91 Å². The Balaban J connectivity index is 2.11. The predicted octanol–water partition coefficient (Wildman–Crippen LogP) is 3.62. The molecule has 1 saturated heterocycles. The number of hydrogen-bond donors (Lipinski definition) is 1. The van der Waals surface area contributed by atoms with Gasteiger partial charge in [0.1, 0.15) is 0 Å². The van der Waals surface area contributed by atoms with Crippen LogP contribution >= 0.6 is 0 Å². The molecule has 1 aromatic rings. The standard InChI is InChI=1S/C19H28N2O/c1-6-12-21-18(2,3)13-16(14-19(21,4)5)20-17(22)15-10-8-7-9-11-15/h6-11,16H,1,12-14H2,2-5H3,(H,20,22). The molecule has 2 rings (SSSR count). The van der Waals surface area contributed by atoms with Gasteiger partial charge < -0.3 is 5.32 Å². The molecule has 0 saturated carbocycles. The molecule has 1 aliphatic heterocycles. The minimum absolute atomic E-state index is 0.0226. The lowest BCUT2D eigenvalue weighted by Gasteiger charge is -2.55. The fraction of sp³-hybridized carbons (Fsp3) is 0.526. The van der Waals surface area contributed by atoms with Gasteiger partial charge in [-0.25, -0.2) is 0 Å². The van der Waals surface area contributed by atoms with E-state index in [0.29, 0.717) is 0 Å². The summed E-state index contributed by atoms with van der Waals surface area (Å²) in [6.07, 6.45) is 3.86. The van der Waals surface area contributed by atoms with Gasteiger partial charge in [0.15, 0.2) is 0 Å². The first-order valence-electron chi connectivity index (χ1n) is 8.01. The molecule has 0 bridgehead atoms. The Morgan fingerprint density at radius 1 is 1.23 bits per heavy atom. The number of carbonyl (C=O) groups excluding carboxylic acids is 1. The van der Waals surface area contributed by atoms with Crippen LogP contribution in [0, 0.1) is 0 Å². The molecule has 3 nitrogen and oxygen atoms in total. The van der Waals surface area contributed by atoms with Crippen molar-refractivity contribution < 1.29 is 4.79 Å². The number of amides is 1. The van der Waals surface area contributed by atoms with Crippen molar-refractivity contribution in [3.8, 4) is 0 Å². The van der Waals surface area contributed by atoms with Crippen LogP contribution in [0.5, 0.6) is 0 Å². The zero-order chi connectivity index (χ0) is 16.4. The summed E-state index contributed by atoms with van der Waals surface area (Å²) in [6, 6.07) is 9.64. The molecule has 22 heavy (non-hydrogen) atoms. The van der Waals surface area contributed by atoms with E-state index in [4.69, 9.17) is 0 Å². The quantitative estimate of drug-likeness (QED) is 0.861. The lowest BCUT2D eigenvalue weighted by atomic mass is 9.77. The summed E-state index contributed by atoms with van der Waals surface area (Å²) in [5.41, 5.74) is 0.793. The highest BCUT2D eigenvalue weighted by molar-refractivity contribution is 5.94. The molecular formula is C19H28N2O. The van der Waals surface area contributed by atoms with Gasteiger partial charge >= 0.3 is 0 Å². The number of benzene rings is 1. The Morgan fingerprint density at radius 3 is 2.27 bits per heavy atom. The SMILES string of the molecule is C=CCN1C(C)(C)CC(NC(=O)c2ccccc2)CC1(C)C. The van der Waals surface area contributed by atoms with E-state index in [1.165, 1.54) is 0 Å². The summed E-state index contributed by atoms with van der Waals surface area (Å²) >= 11 is 0. The van der Waals surface area contributed by atoms with Crippen molar-refractivity contribution in [3.05, 3.63) is 48.6 Å². The molecule has 3 heteroatoms. The van der Waals surface area contributed by atoms with Crippen LogP contribution in [-0.4, -0.2) is 34.5 Å². The van der Waals surface area contributed by atoms with Crippen molar-refractivity contribution in [3.63, 3.8) is 0 Å². The second-order valence-electron chi connectivity index (χ2n) is 7.47. The minimum atomic E-state index is 0.0226. The van der Waals surface area contributed by atoms with Gasteiger partial charge in [0, 0.05) is 29.2 Å². The zero-order valence-electron chi connectivity index (χ0n) is 14.2. The zero-order valence-corrected chi connectivity index (χ0v) is 14.2. The number of rotatable bonds is 4. The molecule has 120 valence electrons. The molecule has 1 heterocycles. The highest BCUT2D eigenvalue weighted by atomic mass is 16.1. The van der Waals surface area contributed by atoms with E-state index >= 15 is 0 Å². The topological polar surface area (TPSA) is 32.3 Å². The fourth-order valence-electron chi connectivity index (χ4n) is 3.90. The fourth-order valence-corrected chi connectivity index (χ4v) is 3.90. The summed E-state index contributed by atoms with van der Waals surface area (Å²) in [4.78, 5) is 14.9. The van der Waals surface area contributed by atoms with E-state index in [0.717, 1.165) is 24.9 Å². The number of nitrogens with one attached hydrogen (secondary N) is 1. The smallest absolute Gasteiger partial charge is 0.251 e. The predicted molar refractivity (Wildman–Crippen MR) is 92.0 cm³/mol. The molecular weight excluding hydrogens is 272 g/mol. The van der Waals surface area contributed by atoms with Crippen molar-refractivity contribution in [2.24, 2.45) is 0 Å². The van der Waals surface area contributed by atoms with Gasteiger partial charge in [-0.3, -0.25) is 9.69 Å². The monoisotopic (exact) mass is 300 g/mol. The molecule has 1 aromatic carbocycles. The maximum atomic E-state index is 12.4. The van der Waals surface area contributed by atoms with Crippen LogP contribution < -0.4 is 5.32 Å². The Morgan fingerprint density at radius 2 is 1.77 bits per heavy atom. The minimum Gasteiger partial charge on any atom is -0.349 e. The maximum absolute atomic E-state index is 12.4. The Bertz CT molecular complexity index is 516. The Kier molecular flexibility index (Phi) is 4.76. The van der Waals surface area contributed by atoms with E-state index in [9.17, 15) is 4.79 Å². The molecule has 0 spiro atoms. The molecule has 1 aliphatic rings. The lowest BCUT2D eigenvalue weighted by molar-refractivity contribution is -0.0297. The van der Waals surface area contributed by atoms with E-state index in [-0.39, 0.29) is 23.0 Å². The lowest BCUT2D eigenvalue weighted by Crippen LogP contribution is -2.64. The molecule has 0 atom stereocenters. The van der Waals surface area contributed by atoms with Gasteiger partial charge in [-0.05, 0) is 52.7 Å². The van der Waals surface area contributed by atoms with Crippen molar-refractivity contribution in [1.82, 2.24) is 10.2 Å². The number of nitrogens with zero attached hydrogens (tertiary/aromatic N) is 1. The molecule has 0 radical (unpaired) electrons. The van der Waals surface area contributed by atoms with Crippen LogP contribution in [0.15, 0.2) is 43.0 Å². The molecule has 1 amide bonds. The number of likely N-dealkylation sites (tertiary alicyclic amines) is 1. The number of hydrogen-bond acceptors (Lipinski definition) is 2. The Hall–Kier alpha value is -1.61. The summed E-state index contributed by atoms with van der Waals surface area (Å²) in [5.74, 6) is 0.0226. The highest BCUT2D eigenvalue weighted by Gasteiger charge is 2.44. The van der Waals surface area contributed by atoms with Crippen molar-refractivity contribution in [1.29, 1.82) is 0 Å². The third-order valence-electron chi connectivity index (χ3n) is 4.64. The Labute approximate surface area is 134 Å². The normalized spacial score (nSPS) is 21.3. The van der Waals surface area contributed by atoms with Gasteiger partial charge in [0.05, 0.1) is 0 Å². The summed E-state index contributed by atoms with van der Waals surface area (Å²) in [5, 5.41) is 3.22. The average molecular weight is 300 g/mol. The first-order chi connectivity index (χ1) is 10.3. The molecule has 0 unspecified atom stereocenters. The average Bonchev–Trinajstić information content (AvgIpc) is 2.43. The van der Waals surface area contributed by atoms with E-state index in [1.54, 1.807) is 0 Å². The van der Waals surface area contributed by atoms with Gasteiger partial charge in [-0.1, -0.05) is 24.3 Å². The van der Waals surface area contributed by atoms with Crippen LogP contribution in [0.4, 0.5) is 0 Å². The maximum Gasteiger partial charge on any atom is 0.251 e. The number of carbonyl (C=O) groups is 1. The summed E-state index contributed by atoms with van der Waals surface area (Å²) in [6.45, 7) is 13.8.